The first kappa shape index (κ1) is 12.2. The van der Waals surface area contributed by atoms with Crippen LogP contribution in [0, 0.1) is 5.92 Å². The first-order valence-electron chi connectivity index (χ1n) is 6.77. The minimum Gasteiger partial charge on any atom is -0.360 e. The average Bonchev–Trinajstić information content (AvgIpc) is 2.90. The van der Waals surface area contributed by atoms with E-state index in [1.165, 1.54) is 51.4 Å². The first-order chi connectivity index (χ1) is 7.75. The first-order valence-corrected chi connectivity index (χ1v) is 7.18. The van der Waals surface area contributed by atoms with E-state index in [9.17, 15) is 0 Å². The molecule has 0 saturated heterocycles. The fourth-order valence-electron chi connectivity index (χ4n) is 3.02. The summed E-state index contributed by atoms with van der Waals surface area (Å²) in [7, 11) is 2.14. The molecule has 2 rings (SSSR count). The number of rotatable bonds is 3. The quantitative estimate of drug-likeness (QED) is 0.764. The Labute approximate surface area is 105 Å². The van der Waals surface area contributed by atoms with Crippen molar-refractivity contribution in [3.05, 3.63) is 0 Å². The third-order valence-corrected chi connectivity index (χ3v) is 4.47. The third kappa shape index (κ3) is 3.34. The van der Waals surface area contributed by atoms with Gasteiger partial charge in [0.1, 0.15) is 0 Å². The van der Waals surface area contributed by atoms with Gasteiger partial charge in [0.25, 0.3) is 0 Å². The van der Waals surface area contributed by atoms with Crippen molar-refractivity contribution in [3.63, 3.8) is 0 Å². The van der Waals surface area contributed by atoms with Crippen molar-refractivity contribution in [2.24, 2.45) is 5.92 Å². The highest BCUT2D eigenvalue weighted by atomic mass is 32.1. The van der Waals surface area contributed by atoms with Crippen molar-refractivity contribution >= 4 is 17.3 Å². The minimum absolute atomic E-state index is 0.651. The Morgan fingerprint density at radius 1 is 1.12 bits per heavy atom. The molecule has 1 N–H and O–H groups in total. The molecule has 92 valence electrons. The topological polar surface area (TPSA) is 15.3 Å². The highest BCUT2D eigenvalue weighted by Gasteiger charge is 2.20. The Balaban J connectivity index is 1.70. The molecule has 0 unspecified atom stereocenters. The summed E-state index contributed by atoms with van der Waals surface area (Å²) in [5.74, 6) is 0.883. The molecule has 2 aliphatic carbocycles. The van der Waals surface area contributed by atoms with Gasteiger partial charge in [-0.15, -0.1) is 0 Å². The van der Waals surface area contributed by atoms with E-state index in [-0.39, 0.29) is 0 Å². The van der Waals surface area contributed by atoms with Gasteiger partial charge in [0.15, 0.2) is 5.11 Å². The van der Waals surface area contributed by atoms with Gasteiger partial charge in [0.2, 0.25) is 0 Å². The van der Waals surface area contributed by atoms with E-state index in [4.69, 9.17) is 12.2 Å². The van der Waals surface area contributed by atoms with Gasteiger partial charge >= 0.3 is 0 Å². The monoisotopic (exact) mass is 240 g/mol. The smallest absolute Gasteiger partial charge is 0.168 e. The molecule has 0 aromatic carbocycles. The Morgan fingerprint density at radius 2 is 1.69 bits per heavy atom. The molecule has 0 aliphatic heterocycles. The van der Waals surface area contributed by atoms with Crippen LogP contribution in [-0.2, 0) is 0 Å². The van der Waals surface area contributed by atoms with Crippen LogP contribution in [0.1, 0.15) is 51.4 Å². The molecule has 0 amide bonds. The van der Waals surface area contributed by atoms with Gasteiger partial charge in [0.05, 0.1) is 0 Å². The zero-order chi connectivity index (χ0) is 11.4. The van der Waals surface area contributed by atoms with Gasteiger partial charge in [-0.25, -0.2) is 0 Å². The van der Waals surface area contributed by atoms with Crippen LogP contribution in [0.2, 0.25) is 0 Å². The molecule has 0 aromatic heterocycles. The molecule has 0 radical (unpaired) electrons. The average molecular weight is 240 g/mol. The van der Waals surface area contributed by atoms with Gasteiger partial charge in [-0.3, -0.25) is 0 Å². The summed E-state index contributed by atoms with van der Waals surface area (Å²) < 4.78 is 0. The number of hydrogen-bond donors (Lipinski definition) is 1. The summed E-state index contributed by atoms with van der Waals surface area (Å²) in [4.78, 5) is 2.25. The van der Waals surface area contributed by atoms with E-state index in [1.54, 1.807) is 0 Å². The zero-order valence-electron chi connectivity index (χ0n) is 10.4. The van der Waals surface area contributed by atoms with Crippen LogP contribution in [0.25, 0.3) is 0 Å². The van der Waals surface area contributed by atoms with Crippen LogP contribution in [0.5, 0.6) is 0 Å². The minimum atomic E-state index is 0.651. The maximum absolute atomic E-state index is 5.46. The Hall–Kier alpha value is -0.310. The van der Waals surface area contributed by atoms with Gasteiger partial charge in [0, 0.05) is 19.6 Å². The fourth-order valence-corrected chi connectivity index (χ4v) is 3.26. The highest BCUT2D eigenvalue weighted by molar-refractivity contribution is 7.80. The second-order valence-corrected chi connectivity index (χ2v) is 5.85. The number of nitrogens with one attached hydrogen (secondary N) is 1. The van der Waals surface area contributed by atoms with Crippen molar-refractivity contribution in [1.29, 1.82) is 0 Å². The van der Waals surface area contributed by atoms with Gasteiger partial charge in [-0.05, 0) is 43.8 Å². The molecule has 2 nitrogen and oxygen atoms in total. The molecule has 2 saturated carbocycles. The van der Waals surface area contributed by atoms with Crippen molar-refractivity contribution in [2.75, 3.05) is 13.6 Å². The van der Waals surface area contributed by atoms with Crippen LogP contribution in [0.4, 0.5) is 0 Å². The second kappa shape index (κ2) is 5.85. The number of nitrogens with zero attached hydrogens (tertiary/aromatic N) is 1. The lowest BCUT2D eigenvalue weighted by Gasteiger charge is -2.26. The summed E-state index contributed by atoms with van der Waals surface area (Å²) in [6, 6.07) is 0.651. The maximum Gasteiger partial charge on any atom is 0.168 e. The molecule has 0 aromatic rings. The number of hydrogen-bond acceptors (Lipinski definition) is 1. The lowest BCUT2D eigenvalue weighted by atomic mass is 10.1. The van der Waals surface area contributed by atoms with E-state index < -0.39 is 0 Å². The molecule has 2 fully saturated rings. The summed E-state index contributed by atoms with van der Waals surface area (Å²) in [6.45, 7) is 1.15. The van der Waals surface area contributed by atoms with E-state index >= 15 is 0 Å². The van der Waals surface area contributed by atoms with Crippen LogP contribution in [0.15, 0.2) is 0 Å². The highest BCUT2D eigenvalue weighted by Crippen LogP contribution is 2.25. The van der Waals surface area contributed by atoms with Crippen molar-refractivity contribution < 1.29 is 0 Å². The van der Waals surface area contributed by atoms with Crippen molar-refractivity contribution in [3.8, 4) is 0 Å². The summed E-state index contributed by atoms with van der Waals surface area (Å²) in [5.41, 5.74) is 0. The van der Waals surface area contributed by atoms with Crippen LogP contribution >= 0.6 is 12.2 Å². The largest absolute Gasteiger partial charge is 0.360 e. The molecular weight excluding hydrogens is 216 g/mol. The van der Waals surface area contributed by atoms with Crippen molar-refractivity contribution in [1.82, 2.24) is 10.2 Å². The van der Waals surface area contributed by atoms with E-state index in [0.717, 1.165) is 17.6 Å². The predicted octanol–water partition coefficient (Wildman–Crippen LogP) is 2.93. The molecule has 0 bridgehead atoms. The summed E-state index contributed by atoms with van der Waals surface area (Å²) in [6.07, 6.45) is 11.0. The zero-order valence-corrected chi connectivity index (χ0v) is 11.2. The second-order valence-electron chi connectivity index (χ2n) is 5.46. The molecule has 0 atom stereocenters. The van der Waals surface area contributed by atoms with Crippen LogP contribution in [-0.4, -0.2) is 29.6 Å². The van der Waals surface area contributed by atoms with Crippen LogP contribution in [0.3, 0.4) is 0 Å². The molecule has 2 aliphatic rings. The van der Waals surface area contributed by atoms with Gasteiger partial charge < -0.3 is 10.2 Å². The Morgan fingerprint density at radius 3 is 2.31 bits per heavy atom. The third-order valence-electron chi connectivity index (χ3n) is 4.04. The van der Waals surface area contributed by atoms with E-state index in [1.807, 2.05) is 0 Å². The van der Waals surface area contributed by atoms with Crippen LogP contribution < -0.4 is 5.32 Å². The van der Waals surface area contributed by atoms with E-state index in [2.05, 4.69) is 17.3 Å². The normalized spacial score (nSPS) is 22.6. The Kier molecular flexibility index (Phi) is 4.45. The lowest BCUT2D eigenvalue weighted by Crippen LogP contribution is -2.43. The lowest BCUT2D eigenvalue weighted by molar-refractivity contribution is 0.379. The number of thiocarbonyl (C=S) groups is 1. The molecule has 0 spiro atoms. The van der Waals surface area contributed by atoms with Gasteiger partial charge in [-0.1, -0.05) is 25.7 Å². The van der Waals surface area contributed by atoms with Gasteiger partial charge in [-0.2, -0.15) is 0 Å². The molecule has 16 heavy (non-hydrogen) atoms. The standard InChI is InChI=1S/C13H24N2S/c1-15(10-11-6-2-3-7-11)13(16)14-12-8-4-5-9-12/h11-12H,2-10H2,1H3,(H,14,16). The molecule has 3 heteroatoms. The summed E-state index contributed by atoms with van der Waals surface area (Å²) in [5, 5.41) is 4.48. The molecular formula is C13H24N2S. The summed E-state index contributed by atoms with van der Waals surface area (Å²) >= 11 is 5.46. The fraction of sp³-hybridized carbons (Fsp3) is 0.923. The SMILES string of the molecule is CN(CC1CCCC1)C(=S)NC1CCCC1. The molecule has 0 heterocycles. The van der Waals surface area contributed by atoms with Crippen molar-refractivity contribution in [2.45, 2.75) is 57.4 Å². The van der Waals surface area contributed by atoms with E-state index in [0.29, 0.717) is 6.04 Å². The maximum atomic E-state index is 5.46. The predicted molar refractivity (Wildman–Crippen MR) is 72.6 cm³/mol. The Bertz CT molecular complexity index is 230.